The Morgan fingerprint density at radius 3 is 2.25 bits per heavy atom. The van der Waals surface area contributed by atoms with Crippen LogP contribution >= 0.6 is 15.9 Å². The fraction of sp³-hybridized carbons (Fsp3) is 0.500. The van der Waals surface area contributed by atoms with Crippen LogP contribution in [-0.4, -0.2) is 11.8 Å². The number of carbonyl (C=O) groups excluding carboxylic acids is 2. The Labute approximate surface area is 128 Å². The van der Waals surface area contributed by atoms with Gasteiger partial charge in [0.25, 0.3) is 0 Å². The lowest BCUT2D eigenvalue weighted by molar-refractivity contribution is -0.126. The molecule has 0 atom stereocenters. The number of imide groups is 1. The van der Waals surface area contributed by atoms with Gasteiger partial charge in [0, 0.05) is 10.9 Å². The fourth-order valence-corrected chi connectivity index (χ4v) is 3.87. The summed E-state index contributed by atoms with van der Waals surface area (Å²) in [6, 6.07) is 3.94. The number of benzene rings is 1. The summed E-state index contributed by atoms with van der Waals surface area (Å²) in [5.74, 6) is -0.147. The third-order valence-corrected chi connectivity index (χ3v) is 4.98. The summed E-state index contributed by atoms with van der Waals surface area (Å²) < 4.78 is 0.805. The van der Waals surface area contributed by atoms with Crippen molar-refractivity contribution in [3.05, 3.63) is 27.7 Å². The molecule has 2 rings (SSSR count). The van der Waals surface area contributed by atoms with Crippen LogP contribution in [0.5, 0.6) is 0 Å². The number of anilines is 1. The first kappa shape index (κ1) is 15.2. The van der Waals surface area contributed by atoms with Crippen LogP contribution in [0.25, 0.3) is 0 Å². The van der Waals surface area contributed by atoms with Crippen molar-refractivity contribution < 1.29 is 9.59 Å². The molecular weight excluding hydrogens is 318 g/mol. The molecule has 20 heavy (non-hydrogen) atoms. The zero-order valence-electron chi connectivity index (χ0n) is 12.4. The smallest absolute Gasteiger partial charge is 0.240 e. The van der Waals surface area contributed by atoms with Crippen LogP contribution in [0.2, 0.25) is 0 Å². The predicted octanol–water partition coefficient (Wildman–Crippen LogP) is 4.14. The van der Waals surface area contributed by atoms with Crippen molar-refractivity contribution in [2.75, 3.05) is 4.90 Å². The molecule has 1 heterocycles. The fourth-order valence-electron chi connectivity index (χ4n) is 3.01. The van der Waals surface area contributed by atoms with E-state index >= 15 is 0 Å². The van der Waals surface area contributed by atoms with Gasteiger partial charge >= 0.3 is 0 Å². The van der Waals surface area contributed by atoms with Crippen LogP contribution < -0.4 is 4.90 Å². The Hall–Kier alpha value is -1.16. The Balaban J connectivity index is 2.55. The summed E-state index contributed by atoms with van der Waals surface area (Å²) in [6.45, 7) is 7.90. The van der Waals surface area contributed by atoms with E-state index in [-0.39, 0.29) is 11.8 Å². The second-order valence-electron chi connectivity index (χ2n) is 5.61. The number of nitrogens with zero attached hydrogens (tertiary/aromatic N) is 1. The molecule has 0 unspecified atom stereocenters. The minimum Gasteiger partial charge on any atom is -0.274 e. The molecule has 108 valence electrons. The number of rotatable bonds is 3. The van der Waals surface area contributed by atoms with E-state index in [4.69, 9.17) is 0 Å². The SMILES string of the molecule is CCC1(CC)CC(=O)N(c2c(C)cc(C)cc2Br)C1=O. The van der Waals surface area contributed by atoms with Crippen molar-refractivity contribution in [2.45, 2.75) is 47.0 Å². The summed E-state index contributed by atoms with van der Waals surface area (Å²) in [7, 11) is 0. The number of aryl methyl sites for hydroxylation is 2. The molecule has 1 aliphatic rings. The van der Waals surface area contributed by atoms with Gasteiger partial charge in [0.2, 0.25) is 11.8 Å². The molecule has 1 saturated heterocycles. The molecule has 0 bridgehead atoms. The van der Waals surface area contributed by atoms with Gasteiger partial charge in [-0.15, -0.1) is 0 Å². The number of hydrogen-bond acceptors (Lipinski definition) is 2. The van der Waals surface area contributed by atoms with Crippen molar-refractivity contribution in [3.63, 3.8) is 0 Å². The zero-order valence-corrected chi connectivity index (χ0v) is 14.0. The van der Waals surface area contributed by atoms with Crippen molar-refractivity contribution in [2.24, 2.45) is 5.41 Å². The number of hydrogen-bond donors (Lipinski definition) is 0. The van der Waals surface area contributed by atoms with Gasteiger partial charge in [-0.1, -0.05) is 19.9 Å². The van der Waals surface area contributed by atoms with Gasteiger partial charge in [-0.3, -0.25) is 9.59 Å². The van der Waals surface area contributed by atoms with Crippen LogP contribution in [-0.2, 0) is 9.59 Å². The highest BCUT2D eigenvalue weighted by Crippen LogP contribution is 2.44. The normalized spacial score (nSPS) is 17.9. The van der Waals surface area contributed by atoms with Gasteiger partial charge in [-0.2, -0.15) is 0 Å². The van der Waals surface area contributed by atoms with Crippen LogP contribution in [0.4, 0.5) is 5.69 Å². The lowest BCUT2D eigenvalue weighted by Crippen LogP contribution is -2.35. The third kappa shape index (κ3) is 2.20. The molecule has 4 heteroatoms. The molecule has 3 nitrogen and oxygen atoms in total. The number of amides is 2. The first-order valence-electron chi connectivity index (χ1n) is 7.00. The van der Waals surface area contributed by atoms with Crippen LogP contribution in [0.3, 0.4) is 0 Å². The van der Waals surface area contributed by atoms with Gasteiger partial charge < -0.3 is 0 Å². The van der Waals surface area contributed by atoms with Gasteiger partial charge in [-0.05, 0) is 59.8 Å². The zero-order chi connectivity index (χ0) is 15.1. The summed E-state index contributed by atoms with van der Waals surface area (Å²) >= 11 is 3.50. The second-order valence-corrected chi connectivity index (χ2v) is 6.47. The highest BCUT2D eigenvalue weighted by molar-refractivity contribution is 9.10. The summed E-state index contributed by atoms with van der Waals surface area (Å²) in [6.07, 6.45) is 1.72. The Morgan fingerprint density at radius 1 is 1.20 bits per heavy atom. The number of halogens is 1. The third-order valence-electron chi connectivity index (χ3n) is 4.37. The summed E-state index contributed by atoms with van der Waals surface area (Å²) in [5, 5.41) is 0. The molecule has 0 N–H and O–H groups in total. The first-order valence-corrected chi connectivity index (χ1v) is 7.79. The van der Waals surface area contributed by atoms with E-state index in [0.29, 0.717) is 24.9 Å². The van der Waals surface area contributed by atoms with Gasteiger partial charge in [0.15, 0.2) is 0 Å². The van der Waals surface area contributed by atoms with Crippen LogP contribution in [0.15, 0.2) is 16.6 Å². The van der Waals surface area contributed by atoms with E-state index in [2.05, 4.69) is 15.9 Å². The van der Waals surface area contributed by atoms with E-state index in [1.54, 1.807) is 0 Å². The molecule has 1 aromatic carbocycles. The minimum atomic E-state index is -0.520. The average molecular weight is 338 g/mol. The molecular formula is C16H20BrNO2. The molecule has 1 fully saturated rings. The maximum absolute atomic E-state index is 12.8. The number of carbonyl (C=O) groups is 2. The second kappa shape index (κ2) is 5.32. The van der Waals surface area contributed by atoms with Crippen molar-refractivity contribution >= 4 is 33.4 Å². The van der Waals surface area contributed by atoms with E-state index < -0.39 is 5.41 Å². The molecule has 2 amide bonds. The Morgan fingerprint density at radius 2 is 1.80 bits per heavy atom. The predicted molar refractivity (Wildman–Crippen MR) is 83.7 cm³/mol. The van der Waals surface area contributed by atoms with Crippen molar-refractivity contribution in [1.82, 2.24) is 0 Å². The Kier molecular flexibility index (Phi) is 4.05. The van der Waals surface area contributed by atoms with E-state index in [0.717, 1.165) is 15.6 Å². The first-order chi connectivity index (χ1) is 9.36. The molecule has 0 radical (unpaired) electrons. The largest absolute Gasteiger partial charge is 0.274 e. The molecule has 1 aliphatic heterocycles. The monoisotopic (exact) mass is 337 g/mol. The molecule has 1 aromatic rings. The molecule has 0 aliphatic carbocycles. The van der Waals surface area contributed by atoms with Crippen molar-refractivity contribution in [3.8, 4) is 0 Å². The highest BCUT2D eigenvalue weighted by Gasteiger charge is 2.50. The van der Waals surface area contributed by atoms with Gasteiger partial charge in [0.05, 0.1) is 11.1 Å². The lowest BCUT2D eigenvalue weighted by atomic mass is 9.81. The minimum absolute atomic E-state index is 0.0554. The average Bonchev–Trinajstić information content (AvgIpc) is 2.62. The van der Waals surface area contributed by atoms with Crippen molar-refractivity contribution in [1.29, 1.82) is 0 Å². The molecule has 0 aromatic heterocycles. The standard InChI is InChI=1S/C16H20BrNO2/c1-5-16(6-2)9-13(19)18(15(16)20)14-11(4)7-10(3)8-12(14)17/h7-8H,5-6,9H2,1-4H3. The van der Waals surface area contributed by atoms with Gasteiger partial charge in [0.1, 0.15) is 0 Å². The Bertz CT molecular complexity index is 553. The lowest BCUT2D eigenvalue weighted by Gasteiger charge is -2.25. The summed E-state index contributed by atoms with van der Waals surface area (Å²) in [4.78, 5) is 26.5. The van der Waals surface area contributed by atoms with E-state index in [1.807, 2.05) is 39.8 Å². The molecule has 0 spiro atoms. The summed E-state index contributed by atoms with van der Waals surface area (Å²) in [5.41, 5.74) is 2.24. The maximum Gasteiger partial charge on any atom is 0.240 e. The topological polar surface area (TPSA) is 37.4 Å². The molecule has 0 saturated carbocycles. The maximum atomic E-state index is 12.8. The van der Waals surface area contributed by atoms with Crippen LogP contribution in [0.1, 0.15) is 44.2 Å². The van der Waals surface area contributed by atoms with E-state index in [1.165, 1.54) is 4.90 Å². The van der Waals surface area contributed by atoms with Crippen LogP contribution in [0, 0.1) is 19.3 Å². The highest BCUT2D eigenvalue weighted by atomic mass is 79.9. The van der Waals surface area contributed by atoms with E-state index in [9.17, 15) is 9.59 Å². The van der Waals surface area contributed by atoms with Gasteiger partial charge in [-0.25, -0.2) is 4.90 Å². The quantitative estimate of drug-likeness (QED) is 0.777.